The van der Waals surface area contributed by atoms with Crippen molar-refractivity contribution in [3.05, 3.63) is 42.7 Å². The van der Waals surface area contributed by atoms with Crippen LogP contribution in [0.1, 0.15) is 13.0 Å². The molecule has 1 unspecified atom stereocenters. The highest BCUT2D eigenvalue weighted by molar-refractivity contribution is 7.99. The molecule has 1 aromatic carbocycles. The van der Waals surface area contributed by atoms with E-state index in [1.807, 2.05) is 36.9 Å². The minimum absolute atomic E-state index is 0.0641. The Bertz CT molecular complexity index is 606. The number of benzene rings is 1. The van der Waals surface area contributed by atoms with Gasteiger partial charge in [-0.3, -0.25) is 9.48 Å². The van der Waals surface area contributed by atoms with Gasteiger partial charge < -0.3 is 10.2 Å². The predicted octanol–water partition coefficient (Wildman–Crippen LogP) is 2.64. The van der Waals surface area contributed by atoms with Crippen LogP contribution in [0.5, 0.6) is 0 Å². The molecule has 22 heavy (non-hydrogen) atoms. The summed E-state index contributed by atoms with van der Waals surface area (Å²) in [5, 5.41) is 7.04. The van der Waals surface area contributed by atoms with E-state index in [4.69, 9.17) is 0 Å². The smallest absolute Gasteiger partial charge is 0.248 e. The van der Waals surface area contributed by atoms with Crippen molar-refractivity contribution in [3.8, 4) is 0 Å². The van der Waals surface area contributed by atoms with Gasteiger partial charge in [-0.15, -0.1) is 0 Å². The zero-order valence-corrected chi connectivity index (χ0v) is 13.4. The largest absolute Gasteiger partial charge is 0.370 e. The molecule has 1 aliphatic heterocycles. The second-order valence-electron chi connectivity index (χ2n) is 5.30. The van der Waals surface area contributed by atoms with Gasteiger partial charge in [0.15, 0.2) is 0 Å². The minimum Gasteiger partial charge on any atom is -0.370 e. The van der Waals surface area contributed by atoms with Gasteiger partial charge in [-0.25, -0.2) is 0 Å². The van der Waals surface area contributed by atoms with E-state index in [1.54, 1.807) is 17.1 Å². The standard InChI is InChI=1S/C16H20N4OS/c1-13(20-8-2-7-17-20)16(21)18-14-3-5-15(6-4-14)19-9-11-22-12-10-19/h2-8,13H,9-12H2,1H3,(H,18,21). The Morgan fingerprint density at radius 2 is 2.00 bits per heavy atom. The summed E-state index contributed by atoms with van der Waals surface area (Å²) < 4.78 is 1.65. The second kappa shape index (κ2) is 6.87. The molecule has 1 N–H and O–H groups in total. The Kier molecular flexibility index (Phi) is 4.68. The monoisotopic (exact) mass is 316 g/mol. The normalized spacial score (nSPS) is 16.3. The molecule has 1 amide bonds. The predicted molar refractivity (Wildman–Crippen MR) is 91.5 cm³/mol. The topological polar surface area (TPSA) is 50.2 Å². The van der Waals surface area contributed by atoms with E-state index in [9.17, 15) is 4.79 Å². The first-order chi connectivity index (χ1) is 10.7. The van der Waals surface area contributed by atoms with Crippen molar-refractivity contribution < 1.29 is 4.79 Å². The Morgan fingerprint density at radius 3 is 2.64 bits per heavy atom. The van der Waals surface area contributed by atoms with E-state index in [0.29, 0.717) is 0 Å². The summed E-state index contributed by atoms with van der Waals surface area (Å²) in [7, 11) is 0. The van der Waals surface area contributed by atoms with Gasteiger partial charge in [0, 0.05) is 48.4 Å². The van der Waals surface area contributed by atoms with Gasteiger partial charge in [0.1, 0.15) is 6.04 Å². The van der Waals surface area contributed by atoms with Crippen LogP contribution in [0.3, 0.4) is 0 Å². The number of hydrogen-bond donors (Lipinski definition) is 1. The number of carbonyl (C=O) groups is 1. The maximum absolute atomic E-state index is 12.2. The Balaban J connectivity index is 1.62. The number of nitrogens with zero attached hydrogens (tertiary/aromatic N) is 3. The van der Waals surface area contributed by atoms with Crippen LogP contribution in [0, 0.1) is 0 Å². The summed E-state index contributed by atoms with van der Waals surface area (Å²) in [6, 6.07) is 9.56. The summed E-state index contributed by atoms with van der Waals surface area (Å²) in [6.45, 7) is 4.02. The van der Waals surface area contributed by atoms with Crippen molar-refractivity contribution in [2.45, 2.75) is 13.0 Å². The summed E-state index contributed by atoms with van der Waals surface area (Å²) in [5.41, 5.74) is 2.04. The number of hydrogen-bond acceptors (Lipinski definition) is 4. The lowest BCUT2D eigenvalue weighted by atomic mass is 10.2. The molecular formula is C16H20N4OS. The fourth-order valence-electron chi connectivity index (χ4n) is 2.45. The molecule has 0 aliphatic carbocycles. The van der Waals surface area contributed by atoms with Gasteiger partial charge in [-0.05, 0) is 37.3 Å². The molecule has 5 nitrogen and oxygen atoms in total. The quantitative estimate of drug-likeness (QED) is 0.942. The van der Waals surface area contributed by atoms with Crippen molar-refractivity contribution in [1.29, 1.82) is 0 Å². The zero-order valence-electron chi connectivity index (χ0n) is 12.6. The fourth-order valence-corrected chi connectivity index (χ4v) is 3.36. The van der Waals surface area contributed by atoms with Gasteiger partial charge in [0.2, 0.25) is 5.91 Å². The number of rotatable bonds is 4. The summed E-state index contributed by atoms with van der Waals surface area (Å²) in [6.07, 6.45) is 3.47. The van der Waals surface area contributed by atoms with E-state index in [2.05, 4.69) is 27.4 Å². The lowest BCUT2D eigenvalue weighted by molar-refractivity contribution is -0.119. The van der Waals surface area contributed by atoms with Crippen LogP contribution in [0.25, 0.3) is 0 Å². The number of anilines is 2. The Labute approximate surface area is 134 Å². The molecule has 1 fully saturated rings. The Hall–Kier alpha value is -1.95. The number of aromatic nitrogens is 2. The Morgan fingerprint density at radius 1 is 1.27 bits per heavy atom. The molecule has 1 aromatic heterocycles. The average Bonchev–Trinajstić information content (AvgIpc) is 3.10. The van der Waals surface area contributed by atoms with Crippen molar-refractivity contribution >= 4 is 29.0 Å². The van der Waals surface area contributed by atoms with E-state index in [1.165, 1.54) is 17.2 Å². The van der Waals surface area contributed by atoms with Crippen molar-refractivity contribution in [3.63, 3.8) is 0 Å². The van der Waals surface area contributed by atoms with E-state index < -0.39 is 0 Å². The van der Waals surface area contributed by atoms with Crippen LogP contribution in [0.4, 0.5) is 11.4 Å². The lowest BCUT2D eigenvalue weighted by Crippen LogP contribution is -2.32. The first-order valence-corrected chi connectivity index (χ1v) is 8.62. The molecule has 0 bridgehead atoms. The summed E-state index contributed by atoms with van der Waals surface area (Å²) in [4.78, 5) is 14.6. The number of thioether (sulfide) groups is 1. The molecule has 6 heteroatoms. The molecule has 0 spiro atoms. The number of carbonyl (C=O) groups excluding carboxylic acids is 1. The van der Waals surface area contributed by atoms with Crippen molar-refractivity contribution in [2.75, 3.05) is 34.8 Å². The third-order valence-corrected chi connectivity index (χ3v) is 4.75. The third-order valence-electron chi connectivity index (χ3n) is 3.81. The summed E-state index contributed by atoms with van der Waals surface area (Å²) >= 11 is 2.00. The van der Waals surface area contributed by atoms with Crippen LogP contribution in [0.15, 0.2) is 42.7 Å². The molecule has 116 valence electrons. The molecule has 1 atom stereocenters. The van der Waals surface area contributed by atoms with Gasteiger partial charge in [0.05, 0.1) is 0 Å². The molecule has 1 aliphatic rings. The van der Waals surface area contributed by atoms with E-state index >= 15 is 0 Å². The SMILES string of the molecule is CC(C(=O)Nc1ccc(N2CCSCC2)cc1)n1cccn1. The average molecular weight is 316 g/mol. The first kappa shape index (κ1) is 15.0. The van der Waals surface area contributed by atoms with Crippen LogP contribution >= 0.6 is 11.8 Å². The molecule has 3 rings (SSSR count). The van der Waals surface area contributed by atoms with Gasteiger partial charge in [-0.2, -0.15) is 16.9 Å². The zero-order chi connectivity index (χ0) is 15.4. The molecule has 0 saturated carbocycles. The van der Waals surface area contributed by atoms with E-state index in [-0.39, 0.29) is 11.9 Å². The highest BCUT2D eigenvalue weighted by atomic mass is 32.2. The van der Waals surface area contributed by atoms with Gasteiger partial charge in [-0.1, -0.05) is 0 Å². The lowest BCUT2D eigenvalue weighted by Gasteiger charge is -2.28. The van der Waals surface area contributed by atoms with Crippen LogP contribution < -0.4 is 10.2 Å². The van der Waals surface area contributed by atoms with E-state index in [0.717, 1.165) is 18.8 Å². The van der Waals surface area contributed by atoms with Gasteiger partial charge in [0.25, 0.3) is 0 Å². The maximum Gasteiger partial charge on any atom is 0.248 e. The van der Waals surface area contributed by atoms with Crippen LogP contribution in [-0.4, -0.2) is 40.3 Å². The van der Waals surface area contributed by atoms with Crippen LogP contribution in [0.2, 0.25) is 0 Å². The molecule has 2 heterocycles. The molecule has 1 saturated heterocycles. The highest BCUT2D eigenvalue weighted by Gasteiger charge is 2.15. The molecule has 2 aromatic rings. The minimum atomic E-state index is -0.325. The molecular weight excluding hydrogens is 296 g/mol. The first-order valence-electron chi connectivity index (χ1n) is 7.47. The van der Waals surface area contributed by atoms with Crippen molar-refractivity contribution in [1.82, 2.24) is 9.78 Å². The molecule has 0 radical (unpaired) electrons. The van der Waals surface area contributed by atoms with Crippen LogP contribution in [-0.2, 0) is 4.79 Å². The number of nitrogens with one attached hydrogen (secondary N) is 1. The highest BCUT2D eigenvalue weighted by Crippen LogP contribution is 2.22. The second-order valence-corrected chi connectivity index (χ2v) is 6.52. The summed E-state index contributed by atoms with van der Waals surface area (Å²) in [5.74, 6) is 2.30. The maximum atomic E-state index is 12.2. The van der Waals surface area contributed by atoms with Crippen molar-refractivity contribution in [2.24, 2.45) is 0 Å². The third kappa shape index (κ3) is 3.44. The number of amides is 1. The van der Waals surface area contributed by atoms with Gasteiger partial charge >= 0.3 is 0 Å². The fraction of sp³-hybridized carbons (Fsp3) is 0.375.